The fraction of sp³-hybridized carbons (Fsp3) is 0.467. The number of carbonyl (C=O) groups is 1. The van der Waals surface area contributed by atoms with Gasteiger partial charge < -0.3 is 9.30 Å². The van der Waals surface area contributed by atoms with Crippen LogP contribution in [0.15, 0.2) is 42.7 Å². The van der Waals surface area contributed by atoms with E-state index in [9.17, 15) is 18.0 Å². The zero-order valence-electron chi connectivity index (χ0n) is 25.0. The number of imidazole rings is 1. The zero-order valence-corrected chi connectivity index (χ0v) is 25.7. The molecule has 13 heteroatoms. The summed E-state index contributed by atoms with van der Waals surface area (Å²) in [7, 11) is 0. The maximum atomic E-state index is 13.4. The summed E-state index contributed by atoms with van der Waals surface area (Å²) in [6, 6.07) is 8.80. The minimum Gasteiger partial charge on any atom is -0.444 e. The van der Waals surface area contributed by atoms with E-state index < -0.39 is 29.6 Å². The van der Waals surface area contributed by atoms with Crippen LogP contribution in [0.4, 0.5) is 18.0 Å². The first-order valence-corrected chi connectivity index (χ1v) is 14.6. The third-order valence-electron chi connectivity index (χ3n) is 7.24. The van der Waals surface area contributed by atoms with Crippen molar-refractivity contribution >= 4 is 17.7 Å². The average Bonchev–Trinajstić information content (AvgIpc) is 3.64. The van der Waals surface area contributed by atoms with Gasteiger partial charge in [0.25, 0.3) is 0 Å². The predicted octanol–water partition coefficient (Wildman–Crippen LogP) is 7.42. The van der Waals surface area contributed by atoms with E-state index in [0.29, 0.717) is 48.0 Å². The second-order valence-corrected chi connectivity index (χ2v) is 12.3. The largest absolute Gasteiger partial charge is 0.444 e. The van der Waals surface area contributed by atoms with Gasteiger partial charge >= 0.3 is 12.3 Å². The Labute approximate surface area is 253 Å². The summed E-state index contributed by atoms with van der Waals surface area (Å²) in [6.45, 7) is 12.5. The molecule has 5 rings (SSSR count). The first-order chi connectivity index (χ1) is 20.2. The Morgan fingerprint density at radius 3 is 2.44 bits per heavy atom. The highest BCUT2D eigenvalue weighted by Crippen LogP contribution is 2.37. The Kier molecular flexibility index (Phi) is 8.10. The van der Waals surface area contributed by atoms with Gasteiger partial charge in [0.05, 0.1) is 29.5 Å². The van der Waals surface area contributed by atoms with E-state index in [1.165, 1.54) is 4.57 Å². The fourth-order valence-corrected chi connectivity index (χ4v) is 5.50. The van der Waals surface area contributed by atoms with Gasteiger partial charge in [-0.25, -0.2) is 9.78 Å². The highest BCUT2D eigenvalue weighted by Gasteiger charge is 2.37. The molecule has 0 radical (unpaired) electrons. The average molecular weight is 618 g/mol. The van der Waals surface area contributed by atoms with Crippen LogP contribution in [0, 0.1) is 0 Å². The van der Waals surface area contributed by atoms with Crippen LogP contribution in [0.5, 0.6) is 0 Å². The Morgan fingerprint density at radius 2 is 1.84 bits per heavy atom. The smallest absolute Gasteiger partial charge is 0.434 e. The quantitative estimate of drug-likeness (QED) is 0.225. The molecule has 1 unspecified atom stereocenters. The molecule has 4 aromatic rings. The van der Waals surface area contributed by atoms with Crippen LogP contribution < -0.4 is 0 Å². The van der Waals surface area contributed by atoms with Crippen LogP contribution in [0.3, 0.4) is 0 Å². The van der Waals surface area contributed by atoms with Crippen molar-refractivity contribution in [3.8, 4) is 22.8 Å². The SMILES string of the molecule is CCn1cc(C(F)(F)F)nc1-c1ccc(CC2c3cc(-c4c(Cl)cnn4C(C)C)nn3CCN2C(=O)OC(C)(C)C)cc1. The number of ether oxygens (including phenoxy) is 1. The second kappa shape index (κ2) is 11.4. The first kappa shape index (κ1) is 30.7. The monoisotopic (exact) mass is 617 g/mol. The molecule has 1 aliphatic rings. The number of nitrogens with zero attached hydrogens (tertiary/aromatic N) is 7. The van der Waals surface area contributed by atoms with E-state index in [1.54, 1.807) is 30.2 Å². The van der Waals surface area contributed by atoms with Crippen LogP contribution in [0.2, 0.25) is 5.02 Å². The second-order valence-electron chi connectivity index (χ2n) is 11.9. The van der Waals surface area contributed by atoms with Gasteiger partial charge in [-0.15, -0.1) is 0 Å². The van der Waals surface area contributed by atoms with Crippen LogP contribution in [-0.4, -0.2) is 52.3 Å². The number of hydrogen-bond donors (Lipinski definition) is 0. The standard InChI is InChI=1S/C30H35ClF3N7O2/c1-7-38-17-25(30(32,33)34)36-27(38)20-10-8-19(9-11-20)14-23-24-15-22(26-21(31)16-35-41(26)18(2)3)37-40(24)13-12-39(23)28(42)43-29(4,5)6/h8-11,15-18,23H,7,12-14H2,1-6H3. The van der Waals surface area contributed by atoms with Gasteiger partial charge in [0, 0.05) is 30.9 Å². The van der Waals surface area contributed by atoms with Crippen LogP contribution in [-0.2, 0) is 30.4 Å². The molecule has 0 fully saturated rings. The zero-order chi connectivity index (χ0) is 31.3. The molecule has 9 nitrogen and oxygen atoms in total. The van der Waals surface area contributed by atoms with E-state index in [2.05, 4.69) is 10.1 Å². The van der Waals surface area contributed by atoms with Crippen molar-refractivity contribution in [1.82, 2.24) is 34.0 Å². The molecule has 0 saturated heterocycles. The molecular weight excluding hydrogens is 583 g/mol. The summed E-state index contributed by atoms with van der Waals surface area (Å²) in [5, 5.41) is 9.74. The number of amides is 1. The van der Waals surface area contributed by atoms with Crippen LogP contribution in [0.25, 0.3) is 22.8 Å². The molecular formula is C30H35ClF3N7O2. The molecule has 1 aromatic carbocycles. The van der Waals surface area contributed by atoms with E-state index in [0.717, 1.165) is 17.5 Å². The minimum atomic E-state index is -4.53. The summed E-state index contributed by atoms with van der Waals surface area (Å²) in [4.78, 5) is 19.0. The highest BCUT2D eigenvalue weighted by molar-refractivity contribution is 6.32. The van der Waals surface area contributed by atoms with Gasteiger partial charge in [0.1, 0.15) is 22.8 Å². The molecule has 0 spiro atoms. The van der Waals surface area contributed by atoms with Crippen molar-refractivity contribution in [2.75, 3.05) is 6.54 Å². The highest BCUT2D eigenvalue weighted by atomic mass is 35.5. The molecule has 0 aliphatic carbocycles. The molecule has 0 bridgehead atoms. The number of aryl methyl sites for hydroxylation is 1. The molecule has 0 N–H and O–H groups in total. The lowest BCUT2D eigenvalue weighted by atomic mass is 9.98. The number of hydrogen-bond acceptors (Lipinski definition) is 5. The minimum absolute atomic E-state index is 0.0596. The lowest BCUT2D eigenvalue weighted by Crippen LogP contribution is -2.45. The Hall–Kier alpha value is -3.80. The van der Waals surface area contributed by atoms with Crippen molar-refractivity contribution in [2.45, 2.75) is 84.9 Å². The topological polar surface area (TPSA) is 83.0 Å². The summed E-state index contributed by atoms with van der Waals surface area (Å²) in [6.07, 6.45) is -1.90. The third kappa shape index (κ3) is 6.29. The van der Waals surface area contributed by atoms with Crippen LogP contribution in [0.1, 0.15) is 70.6 Å². The van der Waals surface area contributed by atoms with E-state index in [1.807, 2.05) is 62.2 Å². The third-order valence-corrected chi connectivity index (χ3v) is 7.52. The molecule has 1 amide bonds. The number of rotatable bonds is 6. The Balaban J connectivity index is 1.50. The molecule has 230 valence electrons. The number of benzene rings is 1. The molecule has 0 saturated carbocycles. The van der Waals surface area contributed by atoms with Gasteiger partial charge in [-0.3, -0.25) is 14.3 Å². The van der Waals surface area contributed by atoms with Gasteiger partial charge in [0.15, 0.2) is 5.69 Å². The molecule has 43 heavy (non-hydrogen) atoms. The summed E-state index contributed by atoms with van der Waals surface area (Å²) >= 11 is 6.53. The normalized spacial score (nSPS) is 15.7. The summed E-state index contributed by atoms with van der Waals surface area (Å²) < 4.78 is 50.9. The van der Waals surface area contributed by atoms with Crippen molar-refractivity contribution in [2.24, 2.45) is 0 Å². The van der Waals surface area contributed by atoms with Gasteiger partial charge in [-0.05, 0) is 59.6 Å². The molecule has 3 aromatic heterocycles. The van der Waals surface area contributed by atoms with Gasteiger partial charge in [0.2, 0.25) is 0 Å². The number of alkyl halides is 3. The number of aromatic nitrogens is 6. The van der Waals surface area contributed by atoms with Crippen molar-refractivity contribution in [3.05, 3.63) is 64.7 Å². The van der Waals surface area contributed by atoms with Gasteiger partial charge in [-0.1, -0.05) is 35.9 Å². The maximum absolute atomic E-state index is 13.4. The summed E-state index contributed by atoms with van der Waals surface area (Å²) in [5.41, 5.74) is 2.03. The number of halogens is 4. The van der Waals surface area contributed by atoms with Crippen molar-refractivity contribution in [1.29, 1.82) is 0 Å². The van der Waals surface area contributed by atoms with Crippen molar-refractivity contribution in [3.63, 3.8) is 0 Å². The number of carbonyl (C=O) groups excluding carboxylic acids is 1. The molecule has 1 aliphatic heterocycles. The van der Waals surface area contributed by atoms with E-state index >= 15 is 0 Å². The lowest BCUT2D eigenvalue weighted by Gasteiger charge is -2.37. The first-order valence-electron chi connectivity index (χ1n) is 14.2. The van der Waals surface area contributed by atoms with E-state index in [4.69, 9.17) is 21.4 Å². The van der Waals surface area contributed by atoms with Crippen LogP contribution >= 0.6 is 11.6 Å². The molecule has 1 atom stereocenters. The van der Waals surface area contributed by atoms with E-state index in [-0.39, 0.29) is 11.9 Å². The maximum Gasteiger partial charge on any atom is 0.434 e. The van der Waals surface area contributed by atoms with Gasteiger partial charge in [-0.2, -0.15) is 23.4 Å². The van der Waals surface area contributed by atoms with Crippen molar-refractivity contribution < 1.29 is 22.7 Å². The lowest BCUT2D eigenvalue weighted by molar-refractivity contribution is -0.140. The predicted molar refractivity (Wildman–Crippen MR) is 157 cm³/mol. The fourth-order valence-electron chi connectivity index (χ4n) is 5.28. The Morgan fingerprint density at radius 1 is 1.14 bits per heavy atom. The summed E-state index contributed by atoms with van der Waals surface area (Å²) in [5.74, 6) is 0.246. The number of fused-ring (bicyclic) bond motifs is 1. The Bertz CT molecular complexity index is 1610. The molecule has 4 heterocycles.